The van der Waals surface area contributed by atoms with Gasteiger partial charge in [0.1, 0.15) is 6.35 Å². The molecule has 5 heteroatoms. The average molecular weight is 152 g/mol. The van der Waals surface area contributed by atoms with Crippen LogP contribution in [-0.4, -0.2) is 24.7 Å². The van der Waals surface area contributed by atoms with Gasteiger partial charge in [0.05, 0.1) is 13.2 Å². The van der Waals surface area contributed by atoms with Crippen molar-refractivity contribution in [3.05, 3.63) is 0 Å². The van der Waals surface area contributed by atoms with Crippen LogP contribution in [0.3, 0.4) is 0 Å². The van der Waals surface area contributed by atoms with E-state index in [4.69, 9.17) is 14.2 Å². The molecule has 1 N–H and O–H groups in total. The van der Waals surface area contributed by atoms with Gasteiger partial charge in [-0.25, -0.2) is 0 Å². The summed E-state index contributed by atoms with van der Waals surface area (Å²) in [7, 11) is -3.04. The van der Waals surface area contributed by atoms with Crippen molar-refractivity contribution in [2.24, 2.45) is 0 Å². The Morgan fingerprint density at radius 2 is 2.00 bits per heavy atom. The summed E-state index contributed by atoms with van der Waals surface area (Å²) in [6, 6.07) is 0. The standard InChI is InChI=1S/C4H9O4P/c5-4-9(6)7-2-1-3-8-9/h5H,1-4H2. The molecule has 1 fully saturated rings. The number of rotatable bonds is 1. The van der Waals surface area contributed by atoms with Crippen LogP contribution in [0.4, 0.5) is 0 Å². The van der Waals surface area contributed by atoms with Crippen molar-refractivity contribution < 1.29 is 18.7 Å². The largest absolute Gasteiger partial charge is 0.384 e. The molecule has 0 atom stereocenters. The Morgan fingerprint density at radius 3 is 2.33 bits per heavy atom. The Kier molecular flexibility index (Phi) is 2.24. The molecule has 0 unspecified atom stereocenters. The Hall–Kier alpha value is 0.110. The second-order valence-electron chi connectivity index (χ2n) is 1.77. The van der Waals surface area contributed by atoms with Gasteiger partial charge in [0.2, 0.25) is 0 Å². The maximum absolute atomic E-state index is 10.9. The van der Waals surface area contributed by atoms with E-state index in [-0.39, 0.29) is 0 Å². The van der Waals surface area contributed by atoms with Crippen molar-refractivity contribution in [1.82, 2.24) is 0 Å². The molecule has 0 bridgehead atoms. The molecule has 54 valence electrons. The Bertz CT molecular complexity index is 125. The fourth-order valence-electron chi connectivity index (χ4n) is 0.585. The number of aliphatic hydroxyl groups is 1. The third-order valence-corrected chi connectivity index (χ3v) is 2.54. The van der Waals surface area contributed by atoms with Crippen molar-refractivity contribution in [2.75, 3.05) is 19.6 Å². The van der Waals surface area contributed by atoms with Gasteiger partial charge >= 0.3 is 7.60 Å². The highest BCUT2D eigenvalue weighted by atomic mass is 31.2. The van der Waals surface area contributed by atoms with Crippen LogP contribution in [0.25, 0.3) is 0 Å². The SMILES string of the molecule is O=P1(CO)OCCCO1. The summed E-state index contributed by atoms with van der Waals surface area (Å²) in [5.74, 6) is 0. The molecule has 1 aliphatic rings. The highest BCUT2D eigenvalue weighted by molar-refractivity contribution is 7.53. The van der Waals surface area contributed by atoms with E-state index in [0.29, 0.717) is 13.2 Å². The van der Waals surface area contributed by atoms with Gasteiger partial charge in [-0.15, -0.1) is 0 Å². The highest BCUT2D eigenvalue weighted by Crippen LogP contribution is 2.49. The van der Waals surface area contributed by atoms with Crippen LogP contribution in [0.2, 0.25) is 0 Å². The van der Waals surface area contributed by atoms with Gasteiger partial charge in [-0.3, -0.25) is 4.57 Å². The minimum Gasteiger partial charge on any atom is -0.384 e. The van der Waals surface area contributed by atoms with Gasteiger partial charge in [-0.1, -0.05) is 0 Å². The molecule has 1 heterocycles. The van der Waals surface area contributed by atoms with E-state index in [1.54, 1.807) is 0 Å². The fourth-order valence-corrected chi connectivity index (χ4v) is 1.64. The summed E-state index contributed by atoms with van der Waals surface area (Å²) >= 11 is 0. The summed E-state index contributed by atoms with van der Waals surface area (Å²) in [6.07, 6.45) is 0.247. The predicted molar refractivity (Wildman–Crippen MR) is 31.2 cm³/mol. The summed E-state index contributed by atoms with van der Waals surface area (Å²) in [5.41, 5.74) is 0. The van der Waals surface area contributed by atoms with Gasteiger partial charge in [0.15, 0.2) is 0 Å². The van der Waals surface area contributed by atoms with Crippen LogP contribution in [0.15, 0.2) is 0 Å². The van der Waals surface area contributed by atoms with Crippen molar-refractivity contribution in [3.8, 4) is 0 Å². The normalized spacial score (nSPS) is 25.9. The first-order valence-corrected chi connectivity index (χ1v) is 4.49. The van der Waals surface area contributed by atoms with Crippen LogP contribution in [0.5, 0.6) is 0 Å². The zero-order valence-corrected chi connectivity index (χ0v) is 5.84. The monoisotopic (exact) mass is 152 g/mol. The lowest BCUT2D eigenvalue weighted by molar-refractivity contribution is 0.129. The topological polar surface area (TPSA) is 55.8 Å². The molecule has 0 aromatic carbocycles. The van der Waals surface area contributed by atoms with E-state index < -0.39 is 13.9 Å². The van der Waals surface area contributed by atoms with Crippen LogP contribution < -0.4 is 0 Å². The molecule has 0 aliphatic carbocycles. The third-order valence-electron chi connectivity index (χ3n) is 1.04. The van der Waals surface area contributed by atoms with E-state index in [9.17, 15) is 4.57 Å². The molecule has 0 aromatic rings. The second-order valence-corrected chi connectivity index (χ2v) is 3.79. The van der Waals surface area contributed by atoms with E-state index >= 15 is 0 Å². The zero-order chi connectivity index (χ0) is 6.74. The number of aliphatic hydroxyl groups excluding tert-OH is 1. The molecule has 1 saturated heterocycles. The van der Waals surface area contributed by atoms with Gasteiger partial charge in [0, 0.05) is 0 Å². The quantitative estimate of drug-likeness (QED) is 0.558. The second kappa shape index (κ2) is 2.80. The van der Waals surface area contributed by atoms with Crippen LogP contribution in [0.1, 0.15) is 6.42 Å². The van der Waals surface area contributed by atoms with Crippen molar-refractivity contribution >= 4 is 7.60 Å². The maximum atomic E-state index is 10.9. The average Bonchev–Trinajstić information content (AvgIpc) is 1.90. The summed E-state index contributed by atoms with van der Waals surface area (Å²) in [5, 5.41) is 8.44. The van der Waals surface area contributed by atoms with E-state index in [0.717, 1.165) is 6.42 Å². The van der Waals surface area contributed by atoms with Crippen molar-refractivity contribution in [3.63, 3.8) is 0 Å². The maximum Gasteiger partial charge on any atom is 0.355 e. The first-order valence-electron chi connectivity index (χ1n) is 2.76. The predicted octanol–water partition coefficient (Wildman–Crippen LogP) is 0.566. The van der Waals surface area contributed by atoms with Crippen LogP contribution in [0, 0.1) is 0 Å². The van der Waals surface area contributed by atoms with Crippen molar-refractivity contribution in [1.29, 1.82) is 0 Å². The smallest absolute Gasteiger partial charge is 0.355 e. The molecule has 0 radical (unpaired) electrons. The molecule has 1 aliphatic heterocycles. The van der Waals surface area contributed by atoms with Crippen molar-refractivity contribution in [2.45, 2.75) is 6.42 Å². The Balaban J connectivity index is 2.47. The van der Waals surface area contributed by atoms with Gasteiger partial charge in [-0.05, 0) is 6.42 Å². The highest BCUT2D eigenvalue weighted by Gasteiger charge is 2.25. The number of hydrogen-bond acceptors (Lipinski definition) is 4. The third kappa shape index (κ3) is 1.76. The molecule has 0 amide bonds. The molecule has 1 rings (SSSR count). The minimum absolute atomic E-state index is 0.428. The Labute approximate surface area is 53.3 Å². The fraction of sp³-hybridized carbons (Fsp3) is 1.00. The Morgan fingerprint density at radius 1 is 1.44 bits per heavy atom. The first kappa shape index (κ1) is 7.22. The molecule has 4 nitrogen and oxygen atoms in total. The molecule has 0 aromatic heterocycles. The zero-order valence-electron chi connectivity index (χ0n) is 4.95. The van der Waals surface area contributed by atoms with Crippen LogP contribution >= 0.6 is 7.60 Å². The minimum atomic E-state index is -3.04. The van der Waals surface area contributed by atoms with Crippen LogP contribution in [-0.2, 0) is 13.6 Å². The summed E-state index contributed by atoms with van der Waals surface area (Å²) in [4.78, 5) is 0. The summed E-state index contributed by atoms with van der Waals surface area (Å²) < 4.78 is 20.3. The van der Waals surface area contributed by atoms with E-state index in [1.165, 1.54) is 0 Å². The van der Waals surface area contributed by atoms with E-state index in [2.05, 4.69) is 0 Å². The first-order chi connectivity index (χ1) is 4.27. The molecule has 0 saturated carbocycles. The van der Waals surface area contributed by atoms with Gasteiger partial charge in [-0.2, -0.15) is 0 Å². The number of hydrogen-bond donors (Lipinski definition) is 1. The lowest BCUT2D eigenvalue weighted by Crippen LogP contribution is -2.09. The van der Waals surface area contributed by atoms with E-state index in [1.807, 2.05) is 0 Å². The van der Waals surface area contributed by atoms with Gasteiger partial charge in [0.25, 0.3) is 0 Å². The lowest BCUT2D eigenvalue weighted by atomic mass is 10.5. The molecular weight excluding hydrogens is 143 g/mol. The summed E-state index contributed by atoms with van der Waals surface area (Å²) in [6.45, 7) is 0.857. The lowest BCUT2D eigenvalue weighted by Gasteiger charge is -2.20. The molecule has 0 spiro atoms. The molecular formula is C4H9O4P. The molecule has 9 heavy (non-hydrogen) atoms. The van der Waals surface area contributed by atoms with Gasteiger partial charge < -0.3 is 14.2 Å².